The lowest BCUT2D eigenvalue weighted by atomic mass is 10.1. The van der Waals surface area contributed by atoms with Crippen LogP contribution in [0.25, 0.3) is 0 Å². The lowest BCUT2D eigenvalue weighted by Crippen LogP contribution is -2.44. The smallest absolute Gasteiger partial charge is 0.138 e. The van der Waals surface area contributed by atoms with E-state index in [9.17, 15) is 0 Å². The normalized spacial score (nSPS) is 20.6. The first-order valence-corrected chi connectivity index (χ1v) is 8.80. The third kappa shape index (κ3) is 3.82. The Bertz CT molecular complexity index is 447. The summed E-state index contributed by atoms with van der Waals surface area (Å²) in [5.74, 6) is 3.00. The Hall–Kier alpha value is -0.420. The molecule has 0 bridgehead atoms. The molecular weight excluding hydrogens is 292 g/mol. The fraction of sp³-hybridized carbons (Fsp3) is 0.600. The third-order valence-electron chi connectivity index (χ3n) is 3.82. The van der Waals surface area contributed by atoms with Gasteiger partial charge < -0.3 is 15.0 Å². The summed E-state index contributed by atoms with van der Waals surface area (Å²) in [6.07, 6.45) is 1.41. The molecule has 1 N–H and O–H groups in total. The first-order chi connectivity index (χ1) is 9.81. The van der Waals surface area contributed by atoms with Crippen molar-refractivity contribution < 1.29 is 4.74 Å². The summed E-state index contributed by atoms with van der Waals surface area (Å²) in [7, 11) is 0. The zero-order chi connectivity index (χ0) is 13.8. The van der Waals surface area contributed by atoms with Crippen LogP contribution in [0.1, 0.15) is 5.56 Å². The summed E-state index contributed by atoms with van der Waals surface area (Å²) >= 11 is 8.24. The van der Waals surface area contributed by atoms with Crippen LogP contribution in [0.5, 0.6) is 5.75 Å². The molecule has 110 valence electrons. The summed E-state index contributed by atoms with van der Waals surface area (Å²) in [4.78, 5) is 2.50. The minimum atomic E-state index is 0.351. The number of hydrogen-bond donors (Lipinski definition) is 1. The predicted octanol–water partition coefficient (Wildman–Crippen LogP) is 2.28. The summed E-state index contributed by atoms with van der Waals surface area (Å²) in [6.45, 7) is 5.61. The van der Waals surface area contributed by atoms with Crippen molar-refractivity contribution in [3.8, 4) is 5.75 Å². The van der Waals surface area contributed by atoms with E-state index in [4.69, 9.17) is 16.3 Å². The Kier molecular flexibility index (Phi) is 5.10. The van der Waals surface area contributed by atoms with Crippen LogP contribution < -0.4 is 10.1 Å². The highest BCUT2D eigenvalue weighted by Crippen LogP contribution is 2.30. The van der Waals surface area contributed by atoms with Crippen molar-refractivity contribution >= 4 is 23.4 Å². The molecule has 3 rings (SSSR count). The van der Waals surface area contributed by atoms with Crippen molar-refractivity contribution in [1.29, 1.82) is 0 Å². The van der Waals surface area contributed by atoms with Crippen LogP contribution in [0.4, 0.5) is 0 Å². The summed E-state index contributed by atoms with van der Waals surface area (Å²) in [6, 6.07) is 6.23. The van der Waals surface area contributed by atoms with Gasteiger partial charge >= 0.3 is 0 Å². The number of halogens is 1. The second-order valence-corrected chi connectivity index (χ2v) is 6.87. The van der Waals surface area contributed by atoms with E-state index in [0.29, 0.717) is 6.10 Å². The van der Waals surface area contributed by atoms with Crippen molar-refractivity contribution in [3.63, 3.8) is 0 Å². The van der Waals surface area contributed by atoms with Crippen molar-refractivity contribution in [3.05, 3.63) is 28.8 Å². The summed E-state index contributed by atoms with van der Waals surface area (Å²) < 4.78 is 5.86. The Morgan fingerprint density at radius 3 is 2.75 bits per heavy atom. The molecule has 0 aliphatic carbocycles. The maximum Gasteiger partial charge on any atom is 0.138 e. The van der Waals surface area contributed by atoms with Gasteiger partial charge in [-0.2, -0.15) is 11.8 Å². The standard InChI is InChI=1S/C15H21ClN2OS/c16-14-9-12(3-6-18-7-4-17-5-8-18)1-2-15(14)19-13-10-20-11-13/h1-2,9,13,17H,3-8,10-11H2. The number of thioether (sulfide) groups is 1. The molecule has 0 amide bonds. The van der Waals surface area contributed by atoms with E-state index in [2.05, 4.69) is 22.3 Å². The molecule has 2 heterocycles. The van der Waals surface area contributed by atoms with Crippen LogP contribution in [0.15, 0.2) is 18.2 Å². The van der Waals surface area contributed by atoms with Crippen LogP contribution in [0, 0.1) is 0 Å². The van der Waals surface area contributed by atoms with E-state index in [0.717, 1.165) is 61.4 Å². The molecule has 1 aromatic carbocycles. The number of piperazine rings is 1. The molecule has 2 aliphatic rings. The predicted molar refractivity (Wildman–Crippen MR) is 86.2 cm³/mol. The molecule has 0 radical (unpaired) electrons. The van der Waals surface area contributed by atoms with Crippen molar-refractivity contribution in [2.75, 3.05) is 44.2 Å². The van der Waals surface area contributed by atoms with Crippen molar-refractivity contribution in [1.82, 2.24) is 10.2 Å². The highest BCUT2D eigenvalue weighted by Gasteiger charge is 2.20. The molecule has 1 aromatic rings. The van der Waals surface area contributed by atoms with E-state index in [-0.39, 0.29) is 0 Å². The quantitative estimate of drug-likeness (QED) is 0.901. The molecule has 20 heavy (non-hydrogen) atoms. The molecule has 5 heteroatoms. The molecule has 0 spiro atoms. The minimum absolute atomic E-state index is 0.351. The van der Waals surface area contributed by atoms with Gasteiger partial charge in [0.05, 0.1) is 5.02 Å². The van der Waals surface area contributed by atoms with Gasteiger partial charge in [-0.3, -0.25) is 0 Å². The highest BCUT2D eigenvalue weighted by molar-refractivity contribution is 8.00. The van der Waals surface area contributed by atoms with Crippen LogP contribution in [-0.4, -0.2) is 55.2 Å². The zero-order valence-corrected chi connectivity index (χ0v) is 13.2. The van der Waals surface area contributed by atoms with Crippen molar-refractivity contribution in [2.24, 2.45) is 0 Å². The average Bonchev–Trinajstić information content (AvgIpc) is 2.43. The number of hydrogen-bond acceptors (Lipinski definition) is 4. The lowest BCUT2D eigenvalue weighted by molar-refractivity contribution is 0.239. The van der Waals surface area contributed by atoms with E-state index in [1.807, 2.05) is 17.8 Å². The van der Waals surface area contributed by atoms with Gasteiger partial charge in [-0.15, -0.1) is 0 Å². The number of nitrogens with one attached hydrogen (secondary N) is 1. The van der Waals surface area contributed by atoms with E-state index < -0.39 is 0 Å². The van der Waals surface area contributed by atoms with E-state index >= 15 is 0 Å². The Morgan fingerprint density at radius 2 is 2.10 bits per heavy atom. The topological polar surface area (TPSA) is 24.5 Å². The van der Waals surface area contributed by atoms with Gasteiger partial charge in [-0.1, -0.05) is 17.7 Å². The number of nitrogens with zero attached hydrogens (tertiary/aromatic N) is 1. The maximum atomic E-state index is 6.32. The Balaban J connectivity index is 1.52. The molecule has 0 aromatic heterocycles. The molecule has 0 atom stereocenters. The van der Waals surface area contributed by atoms with Gasteiger partial charge in [0.25, 0.3) is 0 Å². The van der Waals surface area contributed by atoms with E-state index in [1.165, 1.54) is 5.56 Å². The van der Waals surface area contributed by atoms with Crippen molar-refractivity contribution in [2.45, 2.75) is 12.5 Å². The average molecular weight is 313 g/mol. The summed E-state index contributed by atoms with van der Waals surface area (Å²) in [5, 5.41) is 4.13. The first-order valence-electron chi connectivity index (χ1n) is 7.27. The molecule has 3 nitrogen and oxygen atoms in total. The zero-order valence-electron chi connectivity index (χ0n) is 11.6. The highest BCUT2D eigenvalue weighted by atomic mass is 35.5. The first kappa shape index (κ1) is 14.5. The molecule has 2 aliphatic heterocycles. The fourth-order valence-corrected chi connectivity index (χ4v) is 3.29. The van der Waals surface area contributed by atoms with Gasteiger partial charge in [0, 0.05) is 44.2 Å². The van der Waals surface area contributed by atoms with Crippen LogP contribution in [0.2, 0.25) is 5.02 Å². The minimum Gasteiger partial charge on any atom is -0.487 e. The monoisotopic (exact) mass is 312 g/mol. The molecule has 0 unspecified atom stereocenters. The van der Waals surface area contributed by atoms with Gasteiger partial charge in [0.1, 0.15) is 11.9 Å². The molecular formula is C15H21ClN2OS. The van der Waals surface area contributed by atoms with Gasteiger partial charge in [-0.25, -0.2) is 0 Å². The lowest BCUT2D eigenvalue weighted by Gasteiger charge is -2.27. The molecule has 0 saturated carbocycles. The Morgan fingerprint density at radius 1 is 1.30 bits per heavy atom. The number of ether oxygens (including phenoxy) is 1. The largest absolute Gasteiger partial charge is 0.487 e. The second kappa shape index (κ2) is 7.03. The second-order valence-electron chi connectivity index (χ2n) is 5.38. The van der Waals surface area contributed by atoms with Gasteiger partial charge in [0.15, 0.2) is 0 Å². The SMILES string of the molecule is Clc1cc(CCN2CCNCC2)ccc1OC1CSC1. The number of rotatable bonds is 5. The Labute approximate surface area is 130 Å². The van der Waals surface area contributed by atoms with Crippen LogP contribution >= 0.6 is 23.4 Å². The number of benzene rings is 1. The molecule has 2 fully saturated rings. The molecule has 2 saturated heterocycles. The van der Waals surface area contributed by atoms with Crippen LogP contribution in [0.3, 0.4) is 0 Å². The van der Waals surface area contributed by atoms with E-state index in [1.54, 1.807) is 0 Å². The summed E-state index contributed by atoms with van der Waals surface area (Å²) in [5.41, 5.74) is 1.30. The fourth-order valence-electron chi connectivity index (χ4n) is 2.48. The van der Waals surface area contributed by atoms with Gasteiger partial charge in [-0.05, 0) is 24.1 Å². The van der Waals surface area contributed by atoms with Gasteiger partial charge in [0.2, 0.25) is 0 Å². The van der Waals surface area contributed by atoms with Crippen LogP contribution in [-0.2, 0) is 6.42 Å². The maximum absolute atomic E-state index is 6.32. The third-order valence-corrected chi connectivity index (χ3v) is 5.33.